The first-order chi connectivity index (χ1) is 62.6. The summed E-state index contributed by atoms with van der Waals surface area (Å²) >= 11 is 0. The maximum atomic E-state index is 10.2. The van der Waals surface area contributed by atoms with Crippen molar-refractivity contribution in [3.63, 3.8) is 0 Å². The molecule has 10 aromatic heterocycles. The Morgan fingerprint density at radius 1 is 0.181 bits per heavy atom. The third-order valence-corrected chi connectivity index (χ3v) is 22.9. The second-order valence-corrected chi connectivity index (χ2v) is 33.3. The van der Waals surface area contributed by atoms with Crippen LogP contribution in [-0.2, 0) is 0 Å². The van der Waals surface area contributed by atoms with Gasteiger partial charge in [-0.1, -0.05) is 133 Å². The van der Waals surface area contributed by atoms with Crippen molar-refractivity contribution in [3.8, 4) is 56.3 Å². The van der Waals surface area contributed by atoms with Gasteiger partial charge in [0.1, 0.15) is 29.1 Å². The molecule has 15 heterocycles. The molecule has 5 aliphatic heterocycles. The molecule has 10 bridgehead atoms. The highest BCUT2D eigenvalue weighted by atomic mass is 16.3. The third-order valence-electron chi connectivity index (χ3n) is 22.9. The summed E-state index contributed by atoms with van der Waals surface area (Å²) in [5.74, 6) is 7.24. The lowest BCUT2D eigenvalue weighted by Crippen LogP contribution is -2.14. The maximum absolute atomic E-state index is 10.2. The van der Waals surface area contributed by atoms with E-state index in [-0.39, 0.29) is 30.5 Å². The molecule has 5 unspecified atom stereocenters. The molecule has 0 aliphatic carbocycles. The summed E-state index contributed by atoms with van der Waals surface area (Å²) in [6, 6.07) is 29.1. The van der Waals surface area contributed by atoms with Crippen molar-refractivity contribution in [1.82, 2.24) is 74.8 Å². The second kappa shape index (κ2) is 57.6. The monoisotopic (exact) mass is 1730 g/mol. The molecule has 0 radical (unpaired) electrons. The minimum Gasteiger partial charge on any atom is -0.393 e. The number of pyridine rings is 5. The summed E-state index contributed by atoms with van der Waals surface area (Å²) in [5, 5.41) is 84.0. The van der Waals surface area contributed by atoms with E-state index in [1.807, 2.05) is 122 Å². The number of nitrogens with zero attached hydrogens (tertiary/aromatic N) is 15. The molecular formula is C97H139N25O5. The number of nitrogens with one attached hydrogen (secondary N) is 10. The zero-order chi connectivity index (χ0) is 88.0. The molecule has 15 rings (SSSR count). The molecule has 0 saturated carbocycles. The smallest absolute Gasteiger partial charge is 0.224 e. The Balaban J connectivity index is 0.000000154. The van der Waals surface area contributed by atoms with Crippen LogP contribution in [0.2, 0.25) is 0 Å². The Labute approximate surface area is 751 Å². The molecular weight excluding hydrogens is 1600 g/mol. The molecule has 5 atom stereocenters. The number of hydrogen-bond donors (Lipinski definition) is 15. The third kappa shape index (κ3) is 36.3. The molecule has 30 heteroatoms. The van der Waals surface area contributed by atoms with Gasteiger partial charge < -0.3 is 78.7 Å². The van der Waals surface area contributed by atoms with Crippen molar-refractivity contribution in [1.29, 1.82) is 0 Å². The summed E-state index contributed by atoms with van der Waals surface area (Å²) < 4.78 is 0. The fourth-order valence-electron chi connectivity index (χ4n) is 15.6. The van der Waals surface area contributed by atoms with Crippen LogP contribution < -0.4 is 53.2 Å². The number of aliphatic hydroxyl groups is 5. The standard InChI is InChI=1S/C21H31N5O.C20H29N5O.2C19H27N5O.C18H25N5O/c27-17-10-5-3-1-2-4-7-14-24-21-25-16-18(19-12-6-8-13-22-19)20(26-21)23-15-9-11-17;26-16-9-4-2-1-3-6-13-23-20-24-15-17(18-11-5-7-12-21-18)19(25-20)22-14-8-10-16;25-15-8-2-1-5-13-22-19-23-14-16(17-10-4-7-11-20-17)18(24-19)21-12-6-3-9-15;25-15-8-3-1-2-5-12-22-19-23-14-16(17-10-4-6-11-20-17)18(24-19)21-13-7-9-15;24-14-7-2-1-4-11-21-18-22-13-15(16-9-3-5-10-19-16)17(23-18)20-12-6-8-14/h6,8,12-13,16-17,27H,1-5,7,9-11,14-15H2,(H2,23,24,25,26);5,7,11-12,15-16,26H,1-4,6,8-10,13-14H2,(H2,22,23,24,25);4,7,10-11,14-15,25H,1-3,5-6,8-9,12-13H2,(H2,21,22,23,24);4,6,10-11,14-15,25H,1-3,5,7-9,12-13H2,(H2,21,22,23,24);3,5,9-10,13-14,24H,1-2,4,6-8,11-12H2,(H2,20,21,22,23). The molecule has 30 nitrogen and oxygen atoms in total. The van der Waals surface area contributed by atoms with Crippen molar-refractivity contribution in [2.24, 2.45) is 0 Å². The largest absolute Gasteiger partial charge is 0.393 e. The van der Waals surface area contributed by atoms with E-state index in [9.17, 15) is 25.5 Å². The van der Waals surface area contributed by atoms with Crippen molar-refractivity contribution in [3.05, 3.63) is 153 Å². The van der Waals surface area contributed by atoms with Crippen LogP contribution in [0.3, 0.4) is 0 Å². The number of rotatable bonds is 5. The van der Waals surface area contributed by atoms with Crippen LogP contribution in [0.5, 0.6) is 0 Å². The van der Waals surface area contributed by atoms with Gasteiger partial charge in [-0.05, 0) is 196 Å². The molecule has 0 amide bonds. The maximum Gasteiger partial charge on any atom is 0.224 e. The quantitative estimate of drug-likeness (QED) is 0.0761. The van der Waals surface area contributed by atoms with Gasteiger partial charge in [0.05, 0.1) is 86.8 Å². The van der Waals surface area contributed by atoms with E-state index in [2.05, 4.69) is 128 Å². The van der Waals surface area contributed by atoms with Gasteiger partial charge in [-0.15, -0.1) is 0 Å². The number of anilines is 10. The normalized spacial score (nSPS) is 19.9. The van der Waals surface area contributed by atoms with Crippen LogP contribution in [0.25, 0.3) is 56.3 Å². The summed E-state index contributed by atoms with van der Waals surface area (Å²) in [6.07, 6.45) is 55.5. The van der Waals surface area contributed by atoms with Gasteiger partial charge in [0.15, 0.2) is 0 Å². The minimum atomic E-state index is -0.195. The van der Waals surface area contributed by atoms with Crippen LogP contribution >= 0.6 is 0 Å². The van der Waals surface area contributed by atoms with Crippen molar-refractivity contribution < 1.29 is 25.5 Å². The highest BCUT2D eigenvalue weighted by molar-refractivity contribution is 5.76. The summed E-state index contributed by atoms with van der Waals surface area (Å²) in [5.41, 5.74) is 8.80. The SMILES string of the molecule is OC1CCCCCCCCNc2ncc(-c3ccccn3)c(n2)NCCC1.OC1CCCCCCCNc2ncc(-c3ccccn3)c(n2)NCCC1.OC1CCCCCCNc2ncc(-c3ccccn3)c(n2)NCCC1.OC1CCCCCNc2ncc(-c3ccccn3)c(n2)NCCC1.OC1CCCCCNc2ncc(-c3ccccn3)c(n2)NCCCC1. The number of aromatic nitrogens is 15. The lowest BCUT2D eigenvalue weighted by atomic mass is 10.0. The highest BCUT2D eigenvalue weighted by Gasteiger charge is 2.20. The lowest BCUT2D eigenvalue weighted by molar-refractivity contribution is 0.148. The first-order valence-corrected chi connectivity index (χ1v) is 47.3. The van der Waals surface area contributed by atoms with Gasteiger partial charge in [0.25, 0.3) is 0 Å². The first-order valence-electron chi connectivity index (χ1n) is 47.3. The van der Waals surface area contributed by atoms with E-state index >= 15 is 0 Å². The molecule has 0 saturated heterocycles. The predicted molar refractivity (Wildman–Crippen MR) is 512 cm³/mol. The fraction of sp³-hybridized carbons (Fsp3) is 0.536. The van der Waals surface area contributed by atoms with E-state index in [1.54, 1.807) is 31.0 Å². The second-order valence-electron chi connectivity index (χ2n) is 33.3. The molecule has 682 valence electrons. The molecule has 127 heavy (non-hydrogen) atoms. The Morgan fingerprint density at radius 2 is 0.346 bits per heavy atom. The lowest BCUT2D eigenvalue weighted by Gasteiger charge is -2.15. The van der Waals surface area contributed by atoms with Gasteiger partial charge in [-0.25, -0.2) is 24.9 Å². The van der Waals surface area contributed by atoms with E-state index in [0.717, 1.165) is 337 Å². The van der Waals surface area contributed by atoms with Gasteiger partial charge in [-0.2, -0.15) is 24.9 Å². The zero-order valence-corrected chi connectivity index (χ0v) is 74.5. The molecule has 0 spiro atoms. The molecule has 10 aromatic rings. The van der Waals surface area contributed by atoms with Crippen LogP contribution in [-0.4, -0.2) is 196 Å². The van der Waals surface area contributed by atoms with E-state index in [0.29, 0.717) is 29.7 Å². The molecule has 0 aromatic carbocycles. The zero-order valence-electron chi connectivity index (χ0n) is 74.5. The van der Waals surface area contributed by atoms with Gasteiger partial charge in [0, 0.05) is 127 Å². The molecule has 15 N–H and O–H groups in total. The number of fused-ring (bicyclic) bond motifs is 10. The Morgan fingerprint density at radius 3 is 0.559 bits per heavy atom. The molecule has 0 fully saturated rings. The average Bonchev–Trinajstić information content (AvgIpc) is 0.909. The topological polar surface area (TPSA) is 415 Å². The van der Waals surface area contributed by atoms with Crippen LogP contribution in [0.1, 0.15) is 238 Å². The number of aliphatic hydroxyl groups excluding tert-OH is 5. The average molecular weight is 1740 g/mol. The van der Waals surface area contributed by atoms with Crippen LogP contribution in [0.15, 0.2) is 153 Å². The van der Waals surface area contributed by atoms with Crippen LogP contribution in [0.4, 0.5) is 58.8 Å². The van der Waals surface area contributed by atoms with Crippen molar-refractivity contribution in [2.75, 3.05) is 119 Å². The summed E-state index contributed by atoms with van der Waals surface area (Å²) in [7, 11) is 0. The van der Waals surface area contributed by atoms with E-state index in [1.165, 1.54) is 51.4 Å². The fourth-order valence-corrected chi connectivity index (χ4v) is 15.6. The number of hydrogen-bond acceptors (Lipinski definition) is 30. The summed E-state index contributed by atoms with van der Waals surface area (Å²) in [6.45, 7) is 8.23. The van der Waals surface area contributed by atoms with Gasteiger partial charge in [-0.3, -0.25) is 24.9 Å². The Bertz CT molecular complexity index is 4620. The van der Waals surface area contributed by atoms with Crippen molar-refractivity contribution >= 4 is 58.8 Å². The van der Waals surface area contributed by atoms with Gasteiger partial charge >= 0.3 is 0 Å². The Kier molecular flexibility index (Phi) is 43.8. The minimum absolute atomic E-state index is 0.164. The van der Waals surface area contributed by atoms with Crippen molar-refractivity contribution in [2.45, 2.75) is 268 Å². The predicted octanol–water partition coefficient (Wildman–Crippen LogP) is 18.1. The van der Waals surface area contributed by atoms with E-state index in [4.69, 9.17) is 0 Å². The highest BCUT2D eigenvalue weighted by Crippen LogP contribution is 2.32. The summed E-state index contributed by atoms with van der Waals surface area (Å²) in [4.78, 5) is 67.6. The Hall–Kier alpha value is -11.1. The van der Waals surface area contributed by atoms with E-state index < -0.39 is 0 Å². The van der Waals surface area contributed by atoms with Crippen LogP contribution in [0, 0.1) is 0 Å². The first kappa shape index (κ1) is 96.6. The van der Waals surface area contributed by atoms with Gasteiger partial charge in [0.2, 0.25) is 29.7 Å². The molecule has 5 aliphatic rings.